The average Bonchev–Trinajstić information content (AvgIpc) is 2.94. The van der Waals surface area contributed by atoms with Gasteiger partial charge in [-0.3, -0.25) is 0 Å². The van der Waals surface area contributed by atoms with E-state index in [1.54, 1.807) is 0 Å². The van der Waals surface area contributed by atoms with Gasteiger partial charge in [0.15, 0.2) is 0 Å². The highest BCUT2D eigenvalue weighted by Crippen LogP contribution is 2.31. The first-order chi connectivity index (χ1) is 11.7. The zero-order valence-electron chi connectivity index (χ0n) is 12.8. The van der Waals surface area contributed by atoms with Crippen LogP contribution in [0.5, 0.6) is 0 Å². The van der Waals surface area contributed by atoms with E-state index in [4.69, 9.17) is 16.6 Å². The maximum absolute atomic E-state index is 6.15. The highest BCUT2D eigenvalue weighted by Gasteiger charge is 2.14. The predicted molar refractivity (Wildman–Crippen MR) is 103 cm³/mol. The minimum absolute atomic E-state index is 0.720. The number of rotatable bonds is 3. The lowest BCUT2D eigenvalue weighted by Crippen LogP contribution is -2.02. The highest BCUT2D eigenvalue weighted by atomic mass is 79.9. The van der Waals surface area contributed by atoms with Gasteiger partial charge >= 0.3 is 0 Å². The van der Waals surface area contributed by atoms with Gasteiger partial charge in [-0.05, 0) is 35.9 Å². The minimum Gasteiger partial charge on any atom is -0.319 e. The van der Waals surface area contributed by atoms with Gasteiger partial charge in [-0.25, -0.2) is 4.98 Å². The maximum atomic E-state index is 6.15. The summed E-state index contributed by atoms with van der Waals surface area (Å²) in [7, 11) is 0. The molecule has 2 nitrogen and oxygen atoms in total. The van der Waals surface area contributed by atoms with Gasteiger partial charge in [-0.2, -0.15) is 0 Å². The number of fused-ring (bicyclic) bond motifs is 1. The van der Waals surface area contributed by atoms with Crippen LogP contribution in [-0.2, 0) is 6.54 Å². The van der Waals surface area contributed by atoms with E-state index >= 15 is 0 Å². The van der Waals surface area contributed by atoms with E-state index in [0.29, 0.717) is 0 Å². The third-order valence-electron chi connectivity index (χ3n) is 4.00. The molecule has 0 fully saturated rings. The summed E-state index contributed by atoms with van der Waals surface area (Å²) in [5.41, 5.74) is 4.34. The van der Waals surface area contributed by atoms with Crippen LogP contribution in [0.25, 0.3) is 22.4 Å². The lowest BCUT2D eigenvalue weighted by Gasteiger charge is -2.11. The highest BCUT2D eigenvalue weighted by molar-refractivity contribution is 9.10. The Hall–Kier alpha value is -2.10. The Kier molecular flexibility index (Phi) is 4.13. The van der Waals surface area contributed by atoms with Crippen molar-refractivity contribution in [1.82, 2.24) is 9.55 Å². The molecule has 0 saturated carbocycles. The van der Waals surface area contributed by atoms with Crippen LogP contribution < -0.4 is 0 Å². The molecule has 0 aliphatic heterocycles. The standard InChI is InChI=1S/C20H14BrClN2/c21-17-9-2-1-8-16(17)20-23-18-10-3-4-11-19(18)24(20)13-14-6-5-7-15(22)12-14/h1-12H,13H2. The molecule has 0 bridgehead atoms. The number of para-hydroxylation sites is 2. The summed E-state index contributed by atoms with van der Waals surface area (Å²) in [6, 6.07) is 24.3. The fourth-order valence-electron chi connectivity index (χ4n) is 2.90. The first-order valence-electron chi connectivity index (χ1n) is 7.67. The molecule has 1 aromatic heterocycles. The lowest BCUT2D eigenvalue weighted by atomic mass is 10.2. The Morgan fingerprint density at radius 3 is 2.54 bits per heavy atom. The summed E-state index contributed by atoms with van der Waals surface area (Å²) in [6.45, 7) is 0.720. The summed E-state index contributed by atoms with van der Waals surface area (Å²) in [4.78, 5) is 4.86. The summed E-state index contributed by atoms with van der Waals surface area (Å²) in [5, 5.41) is 0.749. The molecule has 4 aromatic rings. The van der Waals surface area contributed by atoms with Crippen LogP contribution in [0.3, 0.4) is 0 Å². The number of nitrogens with zero attached hydrogens (tertiary/aromatic N) is 2. The van der Waals surface area contributed by atoms with E-state index in [2.05, 4.69) is 38.7 Å². The average molecular weight is 398 g/mol. The second-order valence-corrected chi connectivity index (χ2v) is 6.91. The van der Waals surface area contributed by atoms with Gasteiger partial charge in [0.25, 0.3) is 0 Å². The molecule has 4 heteroatoms. The molecule has 0 atom stereocenters. The third-order valence-corrected chi connectivity index (χ3v) is 4.93. The maximum Gasteiger partial charge on any atom is 0.142 e. The summed E-state index contributed by atoms with van der Waals surface area (Å²) in [6.07, 6.45) is 0. The van der Waals surface area contributed by atoms with Gasteiger partial charge in [0.1, 0.15) is 5.82 Å². The van der Waals surface area contributed by atoms with Crippen LogP contribution >= 0.6 is 27.5 Å². The molecule has 0 aliphatic rings. The van der Waals surface area contributed by atoms with Gasteiger partial charge < -0.3 is 4.57 Å². The van der Waals surface area contributed by atoms with E-state index in [-0.39, 0.29) is 0 Å². The van der Waals surface area contributed by atoms with Crippen molar-refractivity contribution >= 4 is 38.6 Å². The van der Waals surface area contributed by atoms with Crippen LogP contribution in [0.2, 0.25) is 5.02 Å². The van der Waals surface area contributed by atoms with Crippen molar-refractivity contribution in [2.75, 3.05) is 0 Å². The van der Waals surface area contributed by atoms with Gasteiger partial charge in [0.2, 0.25) is 0 Å². The topological polar surface area (TPSA) is 17.8 Å². The van der Waals surface area contributed by atoms with Crippen molar-refractivity contribution in [2.24, 2.45) is 0 Å². The number of halogens is 2. The van der Waals surface area contributed by atoms with E-state index in [1.807, 2.05) is 54.6 Å². The molecule has 0 radical (unpaired) electrons. The Morgan fingerprint density at radius 2 is 1.71 bits per heavy atom. The van der Waals surface area contributed by atoms with Gasteiger partial charge in [0, 0.05) is 21.6 Å². The number of benzene rings is 3. The summed E-state index contributed by atoms with van der Waals surface area (Å²) in [5.74, 6) is 0.948. The molecule has 24 heavy (non-hydrogen) atoms. The third kappa shape index (κ3) is 2.85. The lowest BCUT2D eigenvalue weighted by molar-refractivity contribution is 0.834. The van der Waals surface area contributed by atoms with Crippen molar-refractivity contribution in [1.29, 1.82) is 0 Å². The monoisotopic (exact) mass is 396 g/mol. The van der Waals surface area contributed by atoms with E-state index < -0.39 is 0 Å². The van der Waals surface area contributed by atoms with Crippen LogP contribution in [0.4, 0.5) is 0 Å². The predicted octanol–water partition coefficient (Wildman–Crippen LogP) is 6.17. The normalized spacial score (nSPS) is 11.1. The molecular weight excluding hydrogens is 384 g/mol. The second kappa shape index (κ2) is 6.42. The van der Waals surface area contributed by atoms with Crippen molar-refractivity contribution in [2.45, 2.75) is 6.54 Å². The smallest absolute Gasteiger partial charge is 0.142 e. The van der Waals surface area contributed by atoms with Crippen LogP contribution in [0.1, 0.15) is 5.56 Å². The van der Waals surface area contributed by atoms with E-state index in [9.17, 15) is 0 Å². The van der Waals surface area contributed by atoms with Gasteiger partial charge in [-0.1, -0.05) is 70.0 Å². The molecule has 0 amide bonds. The van der Waals surface area contributed by atoms with Crippen LogP contribution in [0.15, 0.2) is 77.3 Å². The molecule has 3 aromatic carbocycles. The molecule has 0 saturated heterocycles. The molecule has 4 rings (SSSR count). The number of hydrogen-bond donors (Lipinski definition) is 0. The Morgan fingerprint density at radius 1 is 0.917 bits per heavy atom. The second-order valence-electron chi connectivity index (χ2n) is 5.62. The van der Waals surface area contributed by atoms with Crippen molar-refractivity contribution in [3.05, 3.63) is 87.9 Å². The first-order valence-corrected chi connectivity index (χ1v) is 8.84. The van der Waals surface area contributed by atoms with Gasteiger partial charge in [-0.15, -0.1) is 0 Å². The fraction of sp³-hybridized carbons (Fsp3) is 0.0500. The van der Waals surface area contributed by atoms with E-state index in [1.165, 1.54) is 0 Å². The number of hydrogen-bond acceptors (Lipinski definition) is 1. The molecule has 0 aliphatic carbocycles. The molecule has 0 spiro atoms. The van der Waals surface area contributed by atoms with E-state index in [0.717, 1.165) is 44.0 Å². The van der Waals surface area contributed by atoms with Crippen molar-refractivity contribution in [3.63, 3.8) is 0 Å². The summed E-state index contributed by atoms with van der Waals surface area (Å²) < 4.78 is 3.27. The zero-order valence-corrected chi connectivity index (χ0v) is 15.1. The molecule has 0 N–H and O–H groups in total. The fourth-order valence-corrected chi connectivity index (χ4v) is 3.58. The molecule has 118 valence electrons. The molecular formula is C20H14BrClN2. The quantitative estimate of drug-likeness (QED) is 0.404. The first kappa shape index (κ1) is 15.4. The Balaban J connectivity index is 1.92. The molecule has 1 heterocycles. The van der Waals surface area contributed by atoms with Crippen molar-refractivity contribution < 1.29 is 0 Å². The van der Waals surface area contributed by atoms with Gasteiger partial charge in [0.05, 0.1) is 11.0 Å². The molecule has 0 unspecified atom stereocenters. The van der Waals surface area contributed by atoms with Crippen molar-refractivity contribution in [3.8, 4) is 11.4 Å². The SMILES string of the molecule is Clc1cccc(Cn2c(-c3ccccc3Br)nc3ccccc32)c1. The largest absolute Gasteiger partial charge is 0.319 e. The number of imidazole rings is 1. The minimum atomic E-state index is 0.720. The van der Waals surface area contributed by atoms with Crippen LogP contribution in [0, 0.1) is 0 Å². The summed E-state index contributed by atoms with van der Waals surface area (Å²) >= 11 is 9.80. The Labute approximate surface area is 153 Å². The number of aromatic nitrogens is 2. The Bertz CT molecular complexity index is 1020. The zero-order chi connectivity index (χ0) is 16.5. The van der Waals surface area contributed by atoms with Crippen LogP contribution in [-0.4, -0.2) is 9.55 Å².